The summed E-state index contributed by atoms with van der Waals surface area (Å²) in [5.74, 6) is 2.65. The number of nitrogens with zero attached hydrogens (tertiary/aromatic N) is 2. The summed E-state index contributed by atoms with van der Waals surface area (Å²) in [7, 11) is 0. The van der Waals surface area contributed by atoms with E-state index in [1.807, 2.05) is 0 Å². The average Bonchev–Trinajstić information content (AvgIpc) is 3.32. The number of unbranched alkanes of at least 4 members (excludes halogenated alkanes) is 1. The van der Waals surface area contributed by atoms with Crippen LogP contribution in [0.2, 0.25) is 0 Å². The van der Waals surface area contributed by atoms with Crippen molar-refractivity contribution < 1.29 is 4.74 Å². The van der Waals surface area contributed by atoms with Crippen LogP contribution in [-0.4, -0.2) is 29.7 Å². The molecule has 0 atom stereocenters. The van der Waals surface area contributed by atoms with E-state index in [9.17, 15) is 4.79 Å². The van der Waals surface area contributed by atoms with Gasteiger partial charge in [0.05, 0.1) is 12.1 Å². The van der Waals surface area contributed by atoms with Crippen molar-refractivity contribution in [1.29, 1.82) is 0 Å². The molecule has 34 heavy (non-hydrogen) atoms. The SMILES string of the molecule is CCCCc1c(N)c2ccc(CCCC3CCN(c4ccc5c(n4)OCC5)CC3)cc2[nH]c1=O. The van der Waals surface area contributed by atoms with Crippen LogP contribution >= 0.6 is 0 Å². The van der Waals surface area contributed by atoms with Gasteiger partial charge in [0.2, 0.25) is 5.88 Å². The highest BCUT2D eigenvalue weighted by Gasteiger charge is 2.22. The molecule has 3 N–H and O–H groups in total. The van der Waals surface area contributed by atoms with Crippen LogP contribution in [0.25, 0.3) is 10.9 Å². The fourth-order valence-corrected chi connectivity index (χ4v) is 5.42. The molecule has 5 rings (SSSR count). The number of nitrogens with one attached hydrogen (secondary N) is 1. The quantitative estimate of drug-likeness (QED) is 0.493. The Morgan fingerprint density at radius 2 is 2.00 bits per heavy atom. The molecule has 0 saturated carbocycles. The minimum absolute atomic E-state index is 0.0354. The van der Waals surface area contributed by atoms with Gasteiger partial charge in [-0.05, 0) is 74.6 Å². The van der Waals surface area contributed by atoms with Crippen molar-refractivity contribution in [1.82, 2.24) is 9.97 Å². The number of piperidine rings is 1. The fourth-order valence-electron chi connectivity index (χ4n) is 5.42. The van der Waals surface area contributed by atoms with Gasteiger partial charge in [-0.2, -0.15) is 4.98 Å². The van der Waals surface area contributed by atoms with Crippen molar-refractivity contribution in [3.8, 4) is 5.88 Å². The maximum atomic E-state index is 12.5. The predicted octanol–water partition coefficient (Wildman–Crippen LogP) is 5.02. The first-order chi connectivity index (χ1) is 16.6. The number of nitrogens with two attached hydrogens (primary N) is 1. The third-order valence-corrected chi connectivity index (χ3v) is 7.55. The second-order valence-corrected chi connectivity index (χ2v) is 9.88. The smallest absolute Gasteiger partial charge is 0.253 e. The molecular weight excluding hydrogens is 424 g/mol. The van der Waals surface area contributed by atoms with Crippen LogP contribution in [-0.2, 0) is 19.3 Å². The largest absolute Gasteiger partial charge is 0.477 e. The van der Waals surface area contributed by atoms with Crippen LogP contribution in [0, 0.1) is 5.92 Å². The Balaban J connectivity index is 1.14. The van der Waals surface area contributed by atoms with Crippen LogP contribution in [0.5, 0.6) is 5.88 Å². The average molecular weight is 461 g/mol. The minimum Gasteiger partial charge on any atom is -0.477 e. The summed E-state index contributed by atoms with van der Waals surface area (Å²) in [5, 5.41) is 0.965. The summed E-state index contributed by atoms with van der Waals surface area (Å²) in [4.78, 5) is 22.7. The first-order valence-corrected chi connectivity index (χ1v) is 12.9. The minimum atomic E-state index is -0.0354. The molecule has 2 aliphatic heterocycles. The van der Waals surface area contributed by atoms with E-state index in [-0.39, 0.29) is 5.56 Å². The molecule has 2 aliphatic rings. The Kier molecular flexibility index (Phi) is 6.75. The van der Waals surface area contributed by atoms with Crippen LogP contribution in [0.1, 0.15) is 62.1 Å². The normalized spacial score (nSPS) is 16.1. The molecule has 1 fully saturated rings. The van der Waals surface area contributed by atoms with Gasteiger partial charge in [0, 0.05) is 41.7 Å². The van der Waals surface area contributed by atoms with Crippen LogP contribution in [0.3, 0.4) is 0 Å². The number of aryl methyl sites for hydroxylation is 1. The van der Waals surface area contributed by atoms with E-state index < -0.39 is 0 Å². The number of rotatable bonds is 8. The highest BCUT2D eigenvalue weighted by Crippen LogP contribution is 2.30. The summed E-state index contributed by atoms with van der Waals surface area (Å²) in [6, 6.07) is 10.7. The third kappa shape index (κ3) is 4.77. The summed E-state index contributed by atoms with van der Waals surface area (Å²) < 4.78 is 5.64. The lowest BCUT2D eigenvalue weighted by atomic mass is 9.90. The lowest BCUT2D eigenvalue weighted by Crippen LogP contribution is -2.34. The summed E-state index contributed by atoms with van der Waals surface area (Å²) in [6.45, 7) is 5.01. The highest BCUT2D eigenvalue weighted by molar-refractivity contribution is 5.91. The van der Waals surface area contributed by atoms with E-state index >= 15 is 0 Å². The van der Waals surface area contributed by atoms with Gasteiger partial charge in [-0.3, -0.25) is 4.79 Å². The van der Waals surface area contributed by atoms with E-state index in [1.165, 1.54) is 30.4 Å². The highest BCUT2D eigenvalue weighted by atomic mass is 16.5. The van der Waals surface area contributed by atoms with Crippen molar-refractivity contribution >= 4 is 22.4 Å². The maximum Gasteiger partial charge on any atom is 0.253 e. The second kappa shape index (κ2) is 10.1. The van der Waals surface area contributed by atoms with Gasteiger partial charge in [-0.15, -0.1) is 0 Å². The lowest BCUT2D eigenvalue weighted by Gasteiger charge is -2.33. The Bertz CT molecular complexity index is 1210. The summed E-state index contributed by atoms with van der Waals surface area (Å²) >= 11 is 0. The first kappa shape index (κ1) is 22.8. The van der Waals surface area contributed by atoms with E-state index in [2.05, 4.69) is 47.1 Å². The Morgan fingerprint density at radius 1 is 1.15 bits per heavy atom. The number of benzene rings is 1. The zero-order valence-corrected chi connectivity index (χ0v) is 20.2. The number of ether oxygens (including phenoxy) is 1. The lowest BCUT2D eigenvalue weighted by molar-refractivity contribution is 0.343. The molecular formula is C28H36N4O2. The van der Waals surface area contributed by atoms with Gasteiger partial charge in [-0.25, -0.2) is 0 Å². The van der Waals surface area contributed by atoms with Crippen molar-refractivity contribution in [3.63, 3.8) is 0 Å². The van der Waals surface area contributed by atoms with Gasteiger partial charge >= 0.3 is 0 Å². The number of fused-ring (bicyclic) bond motifs is 2. The van der Waals surface area contributed by atoms with Crippen molar-refractivity contribution in [3.05, 3.63) is 57.4 Å². The number of anilines is 2. The monoisotopic (exact) mass is 460 g/mol. The summed E-state index contributed by atoms with van der Waals surface area (Å²) in [5.41, 5.74) is 11.1. The predicted molar refractivity (Wildman–Crippen MR) is 139 cm³/mol. The molecule has 2 aromatic heterocycles. The van der Waals surface area contributed by atoms with Crippen molar-refractivity contribution in [2.45, 2.75) is 64.7 Å². The molecule has 1 saturated heterocycles. The molecule has 0 aliphatic carbocycles. The molecule has 0 bridgehead atoms. The number of nitrogen functional groups attached to an aromatic ring is 1. The number of H-pyrrole nitrogens is 1. The fraction of sp³-hybridized carbons (Fsp3) is 0.500. The first-order valence-electron chi connectivity index (χ1n) is 12.9. The molecule has 0 unspecified atom stereocenters. The molecule has 180 valence electrons. The van der Waals surface area contributed by atoms with Crippen LogP contribution in [0.15, 0.2) is 35.1 Å². The number of hydrogen-bond acceptors (Lipinski definition) is 5. The van der Waals surface area contributed by atoms with Gasteiger partial charge in [-0.1, -0.05) is 25.5 Å². The number of hydrogen-bond donors (Lipinski definition) is 2. The molecule has 1 aromatic carbocycles. The van der Waals surface area contributed by atoms with E-state index in [0.717, 1.165) is 92.3 Å². The molecule has 3 aromatic rings. The van der Waals surface area contributed by atoms with E-state index in [1.54, 1.807) is 0 Å². The molecule has 6 heteroatoms. The van der Waals surface area contributed by atoms with E-state index in [0.29, 0.717) is 5.69 Å². The van der Waals surface area contributed by atoms with Gasteiger partial charge in [0.15, 0.2) is 0 Å². The zero-order chi connectivity index (χ0) is 23.5. The summed E-state index contributed by atoms with van der Waals surface area (Å²) in [6.07, 6.45) is 9.60. The maximum absolute atomic E-state index is 12.5. The number of aromatic nitrogens is 2. The topological polar surface area (TPSA) is 84.2 Å². The van der Waals surface area contributed by atoms with Gasteiger partial charge in [0.25, 0.3) is 5.56 Å². The third-order valence-electron chi connectivity index (χ3n) is 7.55. The van der Waals surface area contributed by atoms with Crippen molar-refractivity contribution in [2.75, 3.05) is 30.3 Å². The Hall–Kier alpha value is -3.02. The molecule has 4 heterocycles. The number of pyridine rings is 2. The van der Waals surface area contributed by atoms with Crippen LogP contribution in [0.4, 0.5) is 11.5 Å². The number of aromatic amines is 1. The zero-order valence-electron chi connectivity index (χ0n) is 20.2. The molecule has 0 radical (unpaired) electrons. The van der Waals surface area contributed by atoms with Crippen molar-refractivity contribution in [2.24, 2.45) is 5.92 Å². The van der Waals surface area contributed by atoms with Gasteiger partial charge in [0.1, 0.15) is 5.82 Å². The molecule has 0 spiro atoms. The second-order valence-electron chi connectivity index (χ2n) is 9.88. The molecule has 0 amide bonds. The van der Waals surface area contributed by atoms with E-state index in [4.69, 9.17) is 15.5 Å². The van der Waals surface area contributed by atoms with Gasteiger partial charge < -0.3 is 20.4 Å². The standard InChI is InChI=1S/C28H36N4O2/c1-2-3-7-23-26(29)22-10-8-20(18-24(22)30-27(23)33)6-4-5-19-12-15-32(16-13-19)25-11-9-21-14-17-34-28(21)31-25/h8-11,18-19H,2-7,12-17H2,1H3,(H3,29,30,33). The Labute approximate surface area is 201 Å². The molecule has 6 nitrogen and oxygen atoms in total. The van der Waals surface area contributed by atoms with Crippen LogP contribution < -0.4 is 20.9 Å². The Morgan fingerprint density at radius 3 is 2.82 bits per heavy atom.